The number of carbonyl (C=O) groups excluding carboxylic acids is 1. The van der Waals surface area contributed by atoms with E-state index in [1.807, 2.05) is 30.3 Å². The second-order valence-corrected chi connectivity index (χ2v) is 7.60. The standard InChI is InChI=1S/C24H27N3O2/c1-17-7-8-19(18(2)15-17)23-16-21(20-5-3-4-6-22(20)26-23)24(28)25-9-10-27-11-13-29-14-12-27/h3-8,15-16H,9-14H2,1-2H3,(H,25,28). The molecule has 150 valence electrons. The molecule has 0 atom stereocenters. The lowest BCUT2D eigenvalue weighted by Crippen LogP contribution is -2.41. The largest absolute Gasteiger partial charge is 0.379 e. The topological polar surface area (TPSA) is 54.5 Å². The lowest BCUT2D eigenvalue weighted by atomic mass is 9.99. The van der Waals surface area contributed by atoms with Gasteiger partial charge in [-0.3, -0.25) is 9.69 Å². The van der Waals surface area contributed by atoms with Crippen LogP contribution in [0.15, 0.2) is 48.5 Å². The van der Waals surface area contributed by atoms with E-state index in [9.17, 15) is 4.79 Å². The van der Waals surface area contributed by atoms with Crippen molar-refractivity contribution in [2.75, 3.05) is 39.4 Å². The maximum absolute atomic E-state index is 13.0. The zero-order chi connectivity index (χ0) is 20.2. The summed E-state index contributed by atoms with van der Waals surface area (Å²) in [5, 5.41) is 3.97. The zero-order valence-electron chi connectivity index (χ0n) is 17.1. The Labute approximate surface area is 171 Å². The van der Waals surface area contributed by atoms with E-state index >= 15 is 0 Å². The first-order valence-electron chi connectivity index (χ1n) is 10.2. The molecule has 0 saturated carbocycles. The summed E-state index contributed by atoms with van der Waals surface area (Å²) in [6, 6.07) is 16.1. The first-order chi connectivity index (χ1) is 14.1. The number of nitrogens with one attached hydrogen (secondary N) is 1. The van der Waals surface area contributed by atoms with E-state index < -0.39 is 0 Å². The minimum atomic E-state index is -0.0529. The third-order valence-corrected chi connectivity index (χ3v) is 5.44. The highest BCUT2D eigenvalue weighted by Gasteiger charge is 2.16. The van der Waals surface area contributed by atoms with Gasteiger partial charge in [-0.05, 0) is 31.5 Å². The molecule has 1 aliphatic heterocycles. The van der Waals surface area contributed by atoms with Crippen LogP contribution in [0.4, 0.5) is 0 Å². The molecule has 1 aliphatic rings. The Morgan fingerprint density at radius 2 is 1.90 bits per heavy atom. The molecular weight excluding hydrogens is 362 g/mol. The molecule has 1 N–H and O–H groups in total. The number of fused-ring (bicyclic) bond motifs is 1. The number of aryl methyl sites for hydroxylation is 2. The van der Waals surface area contributed by atoms with E-state index in [1.54, 1.807) is 0 Å². The van der Waals surface area contributed by atoms with Crippen LogP contribution in [-0.4, -0.2) is 55.2 Å². The molecule has 0 aliphatic carbocycles. The molecule has 5 nitrogen and oxygen atoms in total. The van der Waals surface area contributed by atoms with E-state index in [-0.39, 0.29) is 5.91 Å². The number of amides is 1. The van der Waals surface area contributed by atoms with Crippen molar-refractivity contribution in [1.29, 1.82) is 0 Å². The molecule has 0 spiro atoms. The molecule has 3 aromatic rings. The summed E-state index contributed by atoms with van der Waals surface area (Å²) in [4.78, 5) is 20.2. The van der Waals surface area contributed by atoms with Gasteiger partial charge in [0.1, 0.15) is 0 Å². The third-order valence-electron chi connectivity index (χ3n) is 5.44. The molecule has 0 unspecified atom stereocenters. The maximum Gasteiger partial charge on any atom is 0.252 e. The molecule has 2 heterocycles. The van der Waals surface area contributed by atoms with Gasteiger partial charge in [0.05, 0.1) is 30.0 Å². The summed E-state index contributed by atoms with van der Waals surface area (Å²) >= 11 is 0. The number of pyridine rings is 1. The lowest BCUT2D eigenvalue weighted by molar-refractivity contribution is 0.0383. The Morgan fingerprint density at radius 1 is 1.10 bits per heavy atom. The highest BCUT2D eigenvalue weighted by Crippen LogP contribution is 2.27. The molecule has 5 heteroatoms. The molecule has 4 rings (SSSR count). The molecule has 1 saturated heterocycles. The molecule has 1 fully saturated rings. The minimum Gasteiger partial charge on any atom is -0.379 e. The molecule has 0 radical (unpaired) electrons. The van der Waals surface area contributed by atoms with Crippen molar-refractivity contribution >= 4 is 16.8 Å². The Hall–Kier alpha value is -2.76. The van der Waals surface area contributed by atoms with Crippen LogP contribution in [0.3, 0.4) is 0 Å². The number of ether oxygens (including phenoxy) is 1. The number of nitrogens with zero attached hydrogens (tertiary/aromatic N) is 2. The quantitative estimate of drug-likeness (QED) is 0.725. The van der Waals surface area contributed by atoms with Crippen LogP contribution in [0.2, 0.25) is 0 Å². The first-order valence-corrected chi connectivity index (χ1v) is 10.2. The van der Waals surface area contributed by atoms with Crippen LogP contribution in [0.1, 0.15) is 21.5 Å². The van der Waals surface area contributed by atoms with E-state index in [0.717, 1.165) is 60.6 Å². The molecule has 0 bridgehead atoms. The summed E-state index contributed by atoms with van der Waals surface area (Å²) in [6.07, 6.45) is 0. The third kappa shape index (κ3) is 4.47. The van der Waals surface area contributed by atoms with Gasteiger partial charge in [-0.1, -0.05) is 42.0 Å². The Balaban J connectivity index is 1.61. The smallest absolute Gasteiger partial charge is 0.252 e. The van der Waals surface area contributed by atoms with Crippen molar-refractivity contribution in [3.05, 3.63) is 65.2 Å². The number of morpholine rings is 1. The minimum absolute atomic E-state index is 0.0529. The number of hydrogen-bond acceptors (Lipinski definition) is 4. The molecule has 2 aromatic carbocycles. The number of aromatic nitrogens is 1. The number of benzene rings is 2. The fraction of sp³-hybridized carbons (Fsp3) is 0.333. The Morgan fingerprint density at radius 3 is 2.69 bits per heavy atom. The highest BCUT2D eigenvalue weighted by atomic mass is 16.5. The van der Waals surface area contributed by atoms with Gasteiger partial charge in [-0.15, -0.1) is 0 Å². The van der Waals surface area contributed by atoms with Crippen molar-refractivity contribution in [3.63, 3.8) is 0 Å². The highest BCUT2D eigenvalue weighted by molar-refractivity contribution is 6.07. The van der Waals surface area contributed by atoms with Gasteiger partial charge >= 0.3 is 0 Å². The summed E-state index contributed by atoms with van der Waals surface area (Å²) in [5.41, 5.74) is 5.78. The van der Waals surface area contributed by atoms with Crippen LogP contribution in [0, 0.1) is 13.8 Å². The second-order valence-electron chi connectivity index (χ2n) is 7.60. The Bertz CT molecular complexity index is 1030. The first kappa shape index (κ1) is 19.6. The Kier molecular flexibility index (Phi) is 5.88. The number of rotatable bonds is 5. The lowest BCUT2D eigenvalue weighted by Gasteiger charge is -2.26. The van der Waals surface area contributed by atoms with E-state index in [1.165, 1.54) is 5.56 Å². The normalized spacial score (nSPS) is 14.8. The van der Waals surface area contributed by atoms with Gasteiger partial charge < -0.3 is 10.1 Å². The van der Waals surface area contributed by atoms with Gasteiger partial charge in [-0.25, -0.2) is 4.98 Å². The van der Waals surface area contributed by atoms with Crippen molar-refractivity contribution in [2.45, 2.75) is 13.8 Å². The molecular formula is C24H27N3O2. The second kappa shape index (κ2) is 8.72. The van der Waals surface area contributed by atoms with Crippen molar-refractivity contribution in [1.82, 2.24) is 15.2 Å². The predicted molar refractivity (Wildman–Crippen MR) is 116 cm³/mol. The summed E-state index contributed by atoms with van der Waals surface area (Å²) in [5.74, 6) is -0.0529. The van der Waals surface area contributed by atoms with E-state index in [2.05, 4.69) is 42.3 Å². The van der Waals surface area contributed by atoms with E-state index in [4.69, 9.17) is 9.72 Å². The summed E-state index contributed by atoms with van der Waals surface area (Å²) in [7, 11) is 0. The zero-order valence-corrected chi connectivity index (χ0v) is 17.1. The van der Waals surface area contributed by atoms with Crippen LogP contribution in [-0.2, 0) is 4.74 Å². The van der Waals surface area contributed by atoms with Crippen molar-refractivity contribution in [3.8, 4) is 11.3 Å². The SMILES string of the molecule is Cc1ccc(-c2cc(C(=O)NCCN3CCOCC3)c3ccccc3n2)c(C)c1. The van der Waals surface area contributed by atoms with Crippen LogP contribution < -0.4 is 5.32 Å². The van der Waals surface area contributed by atoms with Gasteiger partial charge in [0.25, 0.3) is 5.91 Å². The average molecular weight is 389 g/mol. The van der Waals surface area contributed by atoms with Gasteiger partial charge in [-0.2, -0.15) is 0 Å². The summed E-state index contributed by atoms with van der Waals surface area (Å²) < 4.78 is 5.38. The van der Waals surface area contributed by atoms with Crippen molar-refractivity contribution < 1.29 is 9.53 Å². The van der Waals surface area contributed by atoms with Gasteiger partial charge in [0, 0.05) is 37.1 Å². The molecule has 1 aromatic heterocycles. The van der Waals surface area contributed by atoms with Gasteiger partial charge in [0.2, 0.25) is 0 Å². The maximum atomic E-state index is 13.0. The predicted octanol–water partition coefficient (Wildman–Crippen LogP) is 3.58. The van der Waals surface area contributed by atoms with Crippen LogP contribution >= 0.6 is 0 Å². The number of para-hydroxylation sites is 1. The molecule has 1 amide bonds. The fourth-order valence-electron chi connectivity index (χ4n) is 3.85. The fourth-order valence-corrected chi connectivity index (χ4v) is 3.85. The molecule has 29 heavy (non-hydrogen) atoms. The van der Waals surface area contributed by atoms with Gasteiger partial charge in [0.15, 0.2) is 0 Å². The number of hydrogen-bond donors (Lipinski definition) is 1. The average Bonchev–Trinajstić information content (AvgIpc) is 2.73. The van der Waals surface area contributed by atoms with Crippen LogP contribution in [0.5, 0.6) is 0 Å². The van der Waals surface area contributed by atoms with Crippen molar-refractivity contribution in [2.24, 2.45) is 0 Å². The monoisotopic (exact) mass is 389 g/mol. The number of carbonyl (C=O) groups is 1. The summed E-state index contributed by atoms with van der Waals surface area (Å²) in [6.45, 7) is 9.00. The van der Waals surface area contributed by atoms with E-state index in [0.29, 0.717) is 12.1 Å². The van der Waals surface area contributed by atoms with Crippen LogP contribution in [0.25, 0.3) is 22.2 Å².